The van der Waals surface area contributed by atoms with Crippen molar-refractivity contribution in [3.05, 3.63) is 0 Å². The number of carboxylic acid groups (broad SMARTS) is 1. The molecular weight excluding hydrogens is 332 g/mol. The number of carbonyl (C=O) groups is 2. The molecule has 2 unspecified atom stereocenters. The van der Waals surface area contributed by atoms with Crippen molar-refractivity contribution in [3.63, 3.8) is 0 Å². The zero-order valence-electron chi connectivity index (χ0n) is 14.2. The van der Waals surface area contributed by atoms with Gasteiger partial charge in [-0.05, 0) is 25.7 Å². The first-order valence-corrected chi connectivity index (χ1v) is 10.6. The van der Waals surface area contributed by atoms with Gasteiger partial charge in [-0.15, -0.1) is 0 Å². The molecule has 138 valence electrons. The quantitative estimate of drug-likeness (QED) is 0.663. The zero-order valence-corrected chi connectivity index (χ0v) is 15.1. The number of nitrogens with zero attached hydrogens (tertiary/aromatic N) is 1. The summed E-state index contributed by atoms with van der Waals surface area (Å²) in [5.41, 5.74) is 0. The Balaban J connectivity index is 2.03. The maximum Gasteiger partial charge on any atom is 0.320 e. The number of aliphatic carboxylic acids is 1. The molecule has 2 N–H and O–H groups in total. The molecule has 0 aromatic heterocycles. The molecule has 1 heterocycles. The van der Waals surface area contributed by atoms with E-state index in [0.717, 1.165) is 25.7 Å². The van der Waals surface area contributed by atoms with Crippen LogP contribution in [-0.2, 0) is 19.4 Å². The Hall–Kier alpha value is -1.15. The lowest BCUT2D eigenvalue weighted by Crippen LogP contribution is -2.52. The Bertz CT molecular complexity index is 557. The Morgan fingerprint density at radius 3 is 2.38 bits per heavy atom. The summed E-state index contributed by atoms with van der Waals surface area (Å²) >= 11 is 0. The molecule has 0 bridgehead atoms. The smallest absolute Gasteiger partial charge is 0.320 e. The number of carbonyl (C=O) groups excluding carboxylic acids is 1. The lowest BCUT2D eigenvalue weighted by Gasteiger charge is -2.34. The van der Waals surface area contributed by atoms with Gasteiger partial charge >= 0.3 is 5.97 Å². The number of hydrogen-bond donors (Lipinski definition) is 2. The Morgan fingerprint density at radius 1 is 1.21 bits per heavy atom. The molecule has 0 spiro atoms. The fourth-order valence-corrected chi connectivity index (χ4v) is 5.50. The number of rotatable bonds is 8. The average Bonchev–Trinajstić information content (AvgIpc) is 3.13. The third-order valence-electron chi connectivity index (χ3n) is 4.98. The van der Waals surface area contributed by atoms with E-state index in [4.69, 9.17) is 0 Å². The van der Waals surface area contributed by atoms with E-state index in [1.54, 1.807) is 4.90 Å². The summed E-state index contributed by atoms with van der Waals surface area (Å²) in [6, 6.07) is -0.911. The number of hydrogen-bond acceptors (Lipinski definition) is 5. The van der Waals surface area contributed by atoms with Gasteiger partial charge in [0.05, 0.1) is 18.1 Å². The van der Waals surface area contributed by atoms with Crippen molar-refractivity contribution in [1.29, 1.82) is 0 Å². The second-order valence-corrected chi connectivity index (χ2v) is 9.09. The highest BCUT2D eigenvalue weighted by atomic mass is 32.2. The molecule has 2 fully saturated rings. The summed E-state index contributed by atoms with van der Waals surface area (Å²) in [5, 5.41) is 12.0. The van der Waals surface area contributed by atoms with Crippen LogP contribution in [0.25, 0.3) is 0 Å². The highest BCUT2D eigenvalue weighted by molar-refractivity contribution is 7.91. The Morgan fingerprint density at radius 2 is 1.88 bits per heavy atom. The SMILES string of the molecule is CCCC(NCC(=O)N(C1CCCC1)C1CCS(=O)(=O)C1)C(=O)O. The second-order valence-electron chi connectivity index (χ2n) is 6.86. The molecule has 1 aliphatic carbocycles. The van der Waals surface area contributed by atoms with Gasteiger partial charge in [0.15, 0.2) is 9.84 Å². The van der Waals surface area contributed by atoms with Crippen LogP contribution in [0.5, 0.6) is 0 Å². The number of nitrogens with one attached hydrogen (secondary N) is 1. The van der Waals surface area contributed by atoms with Crippen molar-refractivity contribution in [1.82, 2.24) is 10.2 Å². The molecule has 24 heavy (non-hydrogen) atoms. The predicted octanol–water partition coefficient (Wildman–Crippen LogP) is 0.788. The molecule has 2 atom stereocenters. The van der Waals surface area contributed by atoms with E-state index < -0.39 is 21.8 Å². The number of amides is 1. The van der Waals surface area contributed by atoms with Crippen LogP contribution in [0, 0.1) is 0 Å². The van der Waals surface area contributed by atoms with Gasteiger partial charge in [0.2, 0.25) is 5.91 Å². The van der Waals surface area contributed by atoms with E-state index >= 15 is 0 Å². The molecule has 2 aliphatic rings. The standard InChI is InChI=1S/C16H28N2O5S/c1-2-5-14(16(20)21)17-10-15(19)18(12-6-3-4-7-12)13-8-9-24(22,23)11-13/h12-14,17H,2-11H2,1H3,(H,20,21). The maximum atomic E-state index is 12.7. The van der Waals surface area contributed by atoms with Gasteiger partial charge in [-0.2, -0.15) is 0 Å². The van der Waals surface area contributed by atoms with Crippen molar-refractivity contribution in [2.75, 3.05) is 18.1 Å². The number of carboxylic acids is 1. The molecule has 8 heteroatoms. The Labute approximate surface area is 143 Å². The summed E-state index contributed by atoms with van der Waals surface area (Å²) in [6.45, 7) is 1.84. The van der Waals surface area contributed by atoms with Gasteiger partial charge in [-0.3, -0.25) is 14.9 Å². The zero-order chi connectivity index (χ0) is 17.7. The fourth-order valence-electron chi connectivity index (χ4n) is 3.79. The van der Waals surface area contributed by atoms with E-state index in [1.165, 1.54) is 0 Å². The van der Waals surface area contributed by atoms with Gasteiger partial charge in [-0.1, -0.05) is 26.2 Å². The lowest BCUT2D eigenvalue weighted by atomic mass is 10.1. The van der Waals surface area contributed by atoms with Crippen LogP contribution in [-0.4, -0.2) is 66.5 Å². The molecule has 0 radical (unpaired) electrons. The molecule has 1 saturated heterocycles. The van der Waals surface area contributed by atoms with Gasteiger partial charge in [-0.25, -0.2) is 8.42 Å². The van der Waals surface area contributed by atoms with E-state index in [9.17, 15) is 23.1 Å². The molecule has 1 amide bonds. The molecular formula is C16H28N2O5S. The first-order chi connectivity index (χ1) is 11.3. The molecule has 1 aliphatic heterocycles. The third-order valence-corrected chi connectivity index (χ3v) is 6.73. The molecule has 7 nitrogen and oxygen atoms in total. The van der Waals surface area contributed by atoms with E-state index in [2.05, 4.69) is 5.32 Å². The van der Waals surface area contributed by atoms with Gasteiger partial charge in [0.1, 0.15) is 6.04 Å². The largest absolute Gasteiger partial charge is 0.480 e. The summed E-state index contributed by atoms with van der Waals surface area (Å²) in [6.07, 6.45) is 5.57. The summed E-state index contributed by atoms with van der Waals surface area (Å²) in [4.78, 5) is 25.7. The summed E-state index contributed by atoms with van der Waals surface area (Å²) in [5.74, 6) is -0.964. The van der Waals surface area contributed by atoms with Crippen LogP contribution in [0.2, 0.25) is 0 Å². The normalized spacial score (nSPS) is 24.8. The summed E-state index contributed by atoms with van der Waals surface area (Å²) < 4.78 is 23.6. The van der Waals surface area contributed by atoms with Crippen LogP contribution < -0.4 is 5.32 Å². The fraction of sp³-hybridized carbons (Fsp3) is 0.875. The minimum Gasteiger partial charge on any atom is -0.480 e. The van der Waals surface area contributed by atoms with E-state index in [-0.39, 0.29) is 36.0 Å². The first kappa shape index (κ1) is 19.2. The van der Waals surface area contributed by atoms with Crippen LogP contribution >= 0.6 is 0 Å². The van der Waals surface area contributed by atoms with Gasteiger partial charge in [0.25, 0.3) is 0 Å². The third kappa shape index (κ3) is 4.92. The topological polar surface area (TPSA) is 104 Å². The van der Waals surface area contributed by atoms with Crippen molar-refractivity contribution in [2.45, 2.75) is 70.0 Å². The minimum absolute atomic E-state index is 0.0343. The average molecular weight is 360 g/mol. The van der Waals surface area contributed by atoms with Crippen LogP contribution in [0.3, 0.4) is 0 Å². The van der Waals surface area contributed by atoms with E-state index in [1.807, 2.05) is 6.92 Å². The maximum absolute atomic E-state index is 12.7. The molecule has 0 aromatic rings. The van der Waals surface area contributed by atoms with Crippen molar-refractivity contribution in [3.8, 4) is 0 Å². The van der Waals surface area contributed by atoms with Crippen molar-refractivity contribution < 1.29 is 23.1 Å². The number of sulfone groups is 1. The lowest BCUT2D eigenvalue weighted by molar-refractivity contribution is -0.140. The first-order valence-electron chi connectivity index (χ1n) is 8.82. The highest BCUT2D eigenvalue weighted by Gasteiger charge is 2.39. The molecule has 1 saturated carbocycles. The van der Waals surface area contributed by atoms with Crippen LogP contribution in [0.15, 0.2) is 0 Å². The highest BCUT2D eigenvalue weighted by Crippen LogP contribution is 2.29. The van der Waals surface area contributed by atoms with Gasteiger partial charge < -0.3 is 10.0 Å². The van der Waals surface area contributed by atoms with Crippen molar-refractivity contribution in [2.24, 2.45) is 0 Å². The van der Waals surface area contributed by atoms with Gasteiger partial charge in [0, 0.05) is 12.1 Å². The van der Waals surface area contributed by atoms with Crippen LogP contribution in [0.1, 0.15) is 51.9 Å². The molecule has 0 aromatic carbocycles. The monoisotopic (exact) mass is 360 g/mol. The summed E-state index contributed by atoms with van der Waals surface area (Å²) in [7, 11) is -3.07. The molecule has 2 rings (SSSR count). The van der Waals surface area contributed by atoms with E-state index in [0.29, 0.717) is 19.3 Å². The Kier molecular flexibility index (Phi) is 6.62. The second kappa shape index (κ2) is 8.29. The predicted molar refractivity (Wildman–Crippen MR) is 90.5 cm³/mol. The van der Waals surface area contributed by atoms with Crippen molar-refractivity contribution >= 4 is 21.7 Å². The van der Waals surface area contributed by atoms with Crippen LogP contribution in [0.4, 0.5) is 0 Å². The minimum atomic E-state index is -3.07.